The summed E-state index contributed by atoms with van der Waals surface area (Å²) in [7, 11) is 0. The van der Waals surface area contributed by atoms with E-state index < -0.39 is 0 Å². The monoisotopic (exact) mass is 220 g/mol. The molecule has 0 amide bonds. The Morgan fingerprint density at radius 1 is 0.941 bits per heavy atom. The first-order valence-corrected chi connectivity index (χ1v) is 5.61. The minimum atomic E-state index is 0.829. The van der Waals surface area contributed by atoms with Gasteiger partial charge in [-0.2, -0.15) is 0 Å². The molecule has 2 aromatic rings. The van der Waals surface area contributed by atoms with Crippen LogP contribution in [0.5, 0.6) is 0 Å². The third-order valence-electron chi connectivity index (χ3n) is 2.71. The first-order chi connectivity index (χ1) is 8.42. The Morgan fingerprint density at radius 2 is 1.71 bits per heavy atom. The summed E-state index contributed by atoms with van der Waals surface area (Å²) in [5, 5.41) is 1.91. The van der Waals surface area contributed by atoms with Crippen LogP contribution in [0.4, 0.5) is 5.69 Å². The second kappa shape index (κ2) is 4.23. The van der Waals surface area contributed by atoms with Crippen LogP contribution >= 0.6 is 0 Å². The lowest BCUT2D eigenvalue weighted by Gasteiger charge is -2.08. The predicted octanol–water partition coefficient (Wildman–Crippen LogP) is 2.84. The standard InChI is InChI=1S/C15H12N2/c1-2-6-13(7-3-1)10-11-17-12-14-8-4-5-9-15(14)16-17/h1-9,16H,12H2. The molecule has 0 saturated carbocycles. The number of fused-ring (bicyclic) bond motifs is 1. The van der Waals surface area contributed by atoms with Gasteiger partial charge in [-0.05, 0) is 29.7 Å². The molecule has 2 nitrogen and oxygen atoms in total. The molecule has 1 aliphatic heterocycles. The number of nitrogens with zero attached hydrogens (tertiary/aromatic N) is 1. The molecule has 1 N–H and O–H groups in total. The van der Waals surface area contributed by atoms with Gasteiger partial charge in [-0.25, -0.2) is 5.01 Å². The second-order valence-electron chi connectivity index (χ2n) is 3.96. The Bertz CT molecular complexity index is 554. The Hall–Kier alpha value is -2.40. The average Bonchev–Trinajstić information content (AvgIpc) is 2.80. The topological polar surface area (TPSA) is 15.3 Å². The summed E-state index contributed by atoms with van der Waals surface area (Å²) in [6.45, 7) is 0.829. The maximum atomic E-state index is 3.26. The van der Waals surface area contributed by atoms with E-state index in [2.05, 4.69) is 35.6 Å². The van der Waals surface area contributed by atoms with Crippen LogP contribution in [0.15, 0.2) is 54.6 Å². The van der Waals surface area contributed by atoms with Gasteiger partial charge in [0, 0.05) is 11.6 Å². The van der Waals surface area contributed by atoms with Gasteiger partial charge in [0.15, 0.2) is 0 Å². The highest BCUT2D eigenvalue weighted by atomic mass is 15.5. The first-order valence-electron chi connectivity index (χ1n) is 5.61. The van der Waals surface area contributed by atoms with Crippen LogP contribution in [0, 0.1) is 12.0 Å². The quantitative estimate of drug-likeness (QED) is 0.687. The van der Waals surface area contributed by atoms with E-state index in [0.29, 0.717) is 0 Å². The first kappa shape index (κ1) is 9.80. The molecule has 0 spiro atoms. The zero-order valence-corrected chi connectivity index (χ0v) is 9.35. The Morgan fingerprint density at radius 3 is 2.53 bits per heavy atom. The number of para-hydroxylation sites is 1. The third kappa shape index (κ3) is 2.09. The highest BCUT2D eigenvalue weighted by Gasteiger charge is 2.13. The molecule has 0 aromatic heterocycles. The zero-order valence-electron chi connectivity index (χ0n) is 9.35. The summed E-state index contributed by atoms with van der Waals surface area (Å²) < 4.78 is 0. The lowest BCUT2D eigenvalue weighted by atomic mass is 10.2. The fourth-order valence-electron chi connectivity index (χ4n) is 1.84. The van der Waals surface area contributed by atoms with Gasteiger partial charge in [-0.1, -0.05) is 36.4 Å². The van der Waals surface area contributed by atoms with Gasteiger partial charge in [0.2, 0.25) is 0 Å². The molecule has 0 unspecified atom stereocenters. The van der Waals surface area contributed by atoms with Crippen molar-refractivity contribution in [3.8, 4) is 12.0 Å². The maximum absolute atomic E-state index is 3.26. The molecule has 17 heavy (non-hydrogen) atoms. The van der Waals surface area contributed by atoms with Gasteiger partial charge in [0.05, 0.1) is 12.2 Å². The molecule has 0 atom stereocenters. The van der Waals surface area contributed by atoms with E-state index in [1.165, 1.54) is 5.56 Å². The molecule has 0 bridgehead atoms. The van der Waals surface area contributed by atoms with Gasteiger partial charge in [0.25, 0.3) is 0 Å². The van der Waals surface area contributed by atoms with Gasteiger partial charge in [-0.3, -0.25) is 5.43 Å². The van der Waals surface area contributed by atoms with Gasteiger partial charge in [0.1, 0.15) is 0 Å². The van der Waals surface area contributed by atoms with Crippen molar-refractivity contribution >= 4 is 5.69 Å². The van der Waals surface area contributed by atoms with Crippen molar-refractivity contribution in [2.75, 3.05) is 5.43 Å². The van der Waals surface area contributed by atoms with Crippen LogP contribution in [-0.4, -0.2) is 5.01 Å². The van der Waals surface area contributed by atoms with Crippen molar-refractivity contribution < 1.29 is 0 Å². The number of hydrazine groups is 1. The number of hydrogen-bond acceptors (Lipinski definition) is 2. The molecule has 1 heterocycles. The van der Waals surface area contributed by atoms with Gasteiger partial charge < -0.3 is 0 Å². The van der Waals surface area contributed by atoms with Crippen molar-refractivity contribution in [2.24, 2.45) is 0 Å². The van der Waals surface area contributed by atoms with Crippen LogP contribution in [0.2, 0.25) is 0 Å². The van der Waals surface area contributed by atoms with E-state index in [9.17, 15) is 0 Å². The summed E-state index contributed by atoms with van der Waals surface area (Å²) in [5.41, 5.74) is 6.73. The zero-order chi connectivity index (χ0) is 11.5. The van der Waals surface area contributed by atoms with Crippen molar-refractivity contribution in [1.82, 2.24) is 5.01 Å². The molecule has 0 fully saturated rings. The summed E-state index contributed by atoms with van der Waals surface area (Å²) in [6.07, 6.45) is 0. The van der Waals surface area contributed by atoms with E-state index >= 15 is 0 Å². The fraction of sp³-hybridized carbons (Fsp3) is 0.0667. The van der Waals surface area contributed by atoms with Crippen molar-refractivity contribution in [1.29, 1.82) is 0 Å². The van der Waals surface area contributed by atoms with Crippen molar-refractivity contribution in [3.63, 3.8) is 0 Å². The average molecular weight is 220 g/mol. The van der Waals surface area contributed by atoms with Crippen LogP contribution in [0.1, 0.15) is 11.1 Å². The summed E-state index contributed by atoms with van der Waals surface area (Å²) >= 11 is 0. The molecule has 82 valence electrons. The molecule has 1 aliphatic rings. The van der Waals surface area contributed by atoms with Crippen LogP contribution in [-0.2, 0) is 6.54 Å². The maximum Gasteiger partial charge on any atom is 0.0752 e. The van der Waals surface area contributed by atoms with Crippen molar-refractivity contribution in [3.05, 3.63) is 65.7 Å². The summed E-state index contributed by atoms with van der Waals surface area (Å²) in [6, 6.07) is 21.4. The Labute approximate surface area is 101 Å². The molecule has 0 aliphatic carbocycles. The van der Waals surface area contributed by atoms with E-state index in [4.69, 9.17) is 0 Å². The molecule has 3 rings (SSSR count). The summed E-state index contributed by atoms with van der Waals surface area (Å²) in [5.74, 6) is 3.13. The van der Waals surface area contributed by atoms with E-state index in [1.807, 2.05) is 41.4 Å². The lowest BCUT2D eigenvalue weighted by Crippen LogP contribution is -2.16. The van der Waals surface area contributed by atoms with E-state index in [1.54, 1.807) is 0 Å². The number of nitrogens with one attached hydrogen (secondary N) is 1. The Kier molecular flexibility index (Phi) is 2.44. The number of hydrogen-bond donors (Lipinski definition) is 1. The largest absolute Gasteiger partial charge is 0.291 e. The minimum absolute atomic E-state index is 0.829. The SMILES string of the molecule is C(#CN1Cc2ccccc2N1)c1ccccc1. The summed E-state index contributed by atoms with van der Waals surface area (Å²) in [4.78, 5) is 0. The van der Waals surface area contributed by atoms with Crippen LogP contribution in [0.3, 0.4) is 0 Å². The van der Waals surface area contributed by atoms with E-state index in [-0.39, 0.29) is 0 Å². The smallest absolute Gasteiger partial charge is 0.0752 e. The normalized spacial score (nSPS) is 12.4. The Balaban J connectivity index is 1.77. The molecule has 2 aromatic carbocycles. The molecule has 0 radical (unpaired) electrons. The predicted molar refractivity (Wildman–Crippen MR) is 68.9 cm³/mol. The molecular weight excluding hydrogens is 208 g/mol. The number of anilines is 1. The molecular formula is C15H12N2. The lowest BCUT2D eigenvalue weighted by molar-refractivity contribution is 0.501. The van der Waals surface area contributed by atoms with E-state index in [0.717, 1.165) is 17.8 Å². The van der Waals surface area contributed by atoms with Crippen molar-refractivity contribution in [2.45, 2.75) is 6.54 Å². The number of rotatable bonds is 0. The van der Waals surface area contributed by atoms with Crippen LogP contribution < -0.4 is 5.43 Å². The highest BCUT2D eigenvalue weighted by molar-refractivity contribution is 5.54. The fourth-order valence-corrected chi connectivity index (χ4v) is 1.84. The third-order valence-corrected chi connectivity index (χ3v) is 2.71. The molecule has 0 saturated heterocycles. The highest BCUT2D eigenvalue weighted by Crippen LogP contribution is 2.23. The second-order valence-corrected chi connectivity index (χ2v) is 3.96. The molecule has 2 heteroatoms. The number of benzene rings is 2. The minimum Gasteiger partial charge on any atom is -0.291 e. The van der Waals surface area contributed by atoms with Gasteiger partial charge >= 0.3 is 0 Å². The van der Waals surface area contributed by atoms with Gasteiger partial charge in [-0.15, -0.1) is 0 Å². The van der Waals surface area contributed by atoms with Crippen LogP contribution in [0.25, 0.3) is 0 Å².